The normalized spacial score (nSPS) is 10.2. The minimum absolute atomic E-state index is 0.167. The SMILES string of the molecule is CCN(C)c1ccc(C(=O)Nc2ccc(Cl)nc2)cc1. The van der Waals surface area contributed by atoms with Gasteiger partial charge in [-0.15, -0.1) is 0 Å². The molecule has 20 heavy (non-hydrogen) atoms. The molecular weight excluding hydrogens is 274 g/mol. The van der Waals surface area contributed by atoms with Crippen LogP contribution in [-0.2, 0) is 0 Å². The summed E-state index contributed by atoms with van der Waals surface area (Å²) in [6.07, 6.45) is 1.53. The van der Waals surface area contributed by atoms with E-state index >= 15 is 0 Å². The molecule has 1 amide bonds. The molecule has 1 aromatic carbocycles. The highest BCUT2D eigenvalue weighted by molar-refractivity contribution is 6.29. The fraction of sp³-hybridized carbons (Fsp3) is 0.200. The lowest BCUT2D eigenvalue weighted by Gasteiger charge is -2.16. The molecule has 4 nitrogen and oxygen atoms in total. The minimum Gasteiger partial charge on any atom is -0.375 e. The molecule has 0 saturated heterocycles. The van der Waals surface area contributed by atoms with Crippen LogP contribution in [0.2, 0.25) is 5.15 Å². The second kappa shape index (κ2) is 6.39. The molecule has 1 N–H and O–H groups in total. The summed E-state index contributed by atoms with van der Waals surface area (Å²) in [5.74, 6) is -0.167. The number of hydrogen-bond donors (Lipinski definition) is 1. The molecule has 0 atom stereocenters. The third kappa shape index (κ3) is 3.48. The Morgan fingerprint density at radius 2 is 1.95 bits per heavy atom. The first-order chi connectivity index (χ1) is 9.60. The van der Waals surface area contributed by atoms with Crippen LogP contribution in [0.5, 0.6) is 0 Å². The molecule has 0 aliphatic heterocycles. The number of nitrogens with zero attached hydrogens (tertiary/aromatic N) is 2. The summed E-state index contributed by atoms with van der Waals surface area (Å²) in [4.78, 5) is 18.1. The summed E-state index contributed by atoms with van der Waals surface area (Å²) in [5, 5.41) is 3.17. The van der Waals surface area contributed by atoms with Gasteiger partial charge in [0.05, 0.1) is 11.9 Å². The van der Waals surface area contributed by atoms with E-state index in [1.54, 1.807) is 24.3 Å². The third-order valence-corrected chi connectivity index (χ3v) is 3.25. The van der Waals surface area contributed by atoms with E-state index in [4.69, 9.17) is 11.6 Å². The monoisotopic (exact) mass is 289 g/mol. The van der Waals surface area contributed by atoms with Gasteiger partial charge in [-0.2, -0.15) is 0 Å². The third-order valence-electron chi connectivity index (χ3n) is 3.03. The van der Waals surface area contributed by atoms with Crippen LogP contribution in [0.25, 0.3) is 0 Å². The van der Waals surface area contributed by atoms with Crippen LogP contribution in [0, 0.1) is 0 Å². The van der Waals surface area contributed by atoms with Crippen LogP contribution in [0.15, 0.2) is 42.6 Å². The van der Waals surface area contributed by atoms with E-state index in [0.717, 1.165) is 12.2 Å². The smallest absolute Gasteiger partial charge is 0.255 e. The summed E-state index contributed by atoms with van der Waals surface area (Å²) in [5.41, 5.74) is 2.31. The lowest BCUT2D eigenvalue weighted by molar-refractivity contribution is 0.102. The molecule has 0 unspecified atom stereocenters. The van der Waals surface area contributed by atoms with Crippen LogP contribution in [-0.4, -0.2) is 24.5 Å². The van der Waals surface area contributed by atoms with Crippen molar-refractivity contribution >= 4 is 28.9 Å². The summed E-state index contributed by atoms with van der Waals surface area (Å²) in [6, 6.07) is 10.8. The van der Waals surface area contributed by atoms with Gasteiger partial charge in [0.15, 0.2) is 0 Å². The Morgan fingerprint density at radius 3 is 2.50 bits per heavy atom. The molecule has 0 aliphatic carbocycles. The fourth-order valence-corrected chi connectivity index (χ4v) is 1.81. The first-order valence-electron chi connectivity index (χ1n) is 6.34. The topological polar surface area (TPSA) is 45.2 Å². The van der Waals surface area contributed by atoms with Crippen LogP contribution >= 0.6 is 11.6 Å². The molecule has 1 heterocycles. The Balaban J connectivity index is 2.07. The maximum Gasteiger partial charge on any atom is 0.255 e. The number of benzene rings is 1. The number of aromatic nitrogens is 1. The molecule has 0 spiro atoms. The molecule has 0 radical (unpaired) electrons. The van der Waals surface area contributed by atoms with Gasteiger partial charge in [0.25, 0.3) is 5.91 Å². The van der Waals surface area contributed by atoms with E-state index in [1.807, 2.05) is 19.2 Å². The van der Waals surface area contributed by atoms with Crippen LogP contribution in [0.4, 0.5) is 11.4 Å². The predicted octanol–water partition coefficient (Wildman–Crippen LogP) is 3.44. The Labute approximate surface area is 123 Å². The first-order valence-corrected chi connectivity index (χ1v) is 6.72. The Kier molecular flexibility index (Phi) is 4.58. The average Bonchev–Trinajstić information content (AvgIpc) is 2.49. The summed E-state index contributed by atoms with van der Waals surface area (Å²) in [6.45, 7) is 3.00. The number of halogens is 1. The van der Waals surface area contributed by atoms with Gasteiger partial charge < -0.3 is 10.2 Å². The van der Waals surface area contributed by atoms with Crippen LogP contribution in [0.1, 0.15) is 17.3 Å². The number of pyridine rings is 1. The van der Waals surface area contributed by atoms with Gasteiger partial charge in [-0.25, -0.2) is 4.98 Å². The van der Waals surface area contributed by atoms with Crippen molar-refractivity contribution in [1.29, 1.82) is 0 Å². The van der Waals surface area contributed by atoms with Crippen molar-refractivity contribution in [2.24, 2.45) is 0 Å². The maximum atomic E-state index is 12.1. The lowest BCUT2D eigenvalue weighted by Crippen LogP contribution is -2.16. The number of carbonyl (C=O) groups excluding carboxylic acids is 1. The van der Waals surface area contributed by atoms with Crippen molar-refractivity contribution in [1.82, 2.24) is 4.98 Å². The first kappa shape index (κ1) is 14.3. The zero-order valence-corrected chi connectivity index (χ0v) is 12.2. The number of carbonyl (C=O) groups is 1. The quantitative estimate of drug-likeness (QED) is 0.877. The summed E-state index contributed by atoms with van der Waals surface area (Å²) >= 11 is 5.70. The second-order valence-corrected chi connectivity index (χ2v) is 4.77. The second-order valence-electron chi connectivity index (χ2n) is 4.38. The number of rotatable bonds is 4. The highest BCUT2D eigenvalue weighted by Gasteiger charge is 2.07. The standard InChI is InChI=1S/C15H16ClN3O/c1-3-19(2)13-7-4-11(5-8-13)15(20)18-12-6-9-14(16)17-10-12/h4-10H,3H2,1-2H3,(H,18,20). The molecule has 1 aromatic heterocycles. The molecule has 0 aliphatic rings. The zero-order chi connectivity index (χ0) is 14.5. The molecule has 0 fully saturated rings. The molecular formula is C15H16ClN3O. The van der Waals surface area contributed by atoms with E-state index in [9.17, 15) is 4.79 Å². The Hall–Kier alpha value is -2.07. The summed E-state index contributed by atoms with van der Waals surface area (Å²) < 4.78 is 0. The van der Waals surface area contributed by atoms with Crippen molar-refractivity contribution < 1.29 is 4.79 Å². The van der Waals surface area contributed by atoms with Gasteiger partial charge >= 0.3 is 0 Å². The molecule has 2 aromatic rings. The van der Waals surface area contributed by atoms with Gasteiger partial charge in [0.2, 0.25) is 0 Å². The van der Waals surface area contributed by atoms with Crippen molar-refractivity contribution in [2.45, 2.75) is 6.92 Å². The molecule has 104 valence electrons. The molecule has 2 rings (SSSR count). The van der Waals surface area contributed by atoms with E-state index in [0.29, 0.717) is 16.4 Å². The van der Waals surface area contributed by atoms with Crippen molar-refractivity contribution in [3.05, 3.63) is 53.3 Å². The van der Waals surface area contributed by atoms with E-state index < -0.39 is 0 Å². The number of hydrogen-bond acceptors (Lipinski definition) is 3. The van der Waals surface area contributed by atoms with E-state index in [2.05, 4.69) is 22.1 Å². The van der Waals surface area contributed by atoms with Gasteiger partial charge in [0.1, 0.15) is 5.15 Å². The van der Waals surface area contributed by atoms with Gasteiger partial charge in [-0.05, 0) is 43.3 Å². The Morgan fingerprint density at radius 1 is 1.25 bits per heavy atom. The highest BCUT2D eigenvalue weighted by atomic mass is 35.5. The van der Waals surface area contributed by atoms with E-state index in [-0.39, 0.29) is 5.91 Å². The van der Waals surface area contributed by atoms with Crippen molar-refractivity contribution in [3.63, 3.8) is 0 Å². The summed E-state index contributed by atoms with van der Waals surface area (Å²) in [7, 11) is 2.01. The van der Waals surface area contributed by atoms with Gasteiger partial charge in [0, 0.05) is 24.8 Å². The fourth-order valence-electron chi connectivity index (χ4n) is 1.70. The predicted molar refractivity (Wildman–Crippen MR) is 82.6 cm³/mol. The lowest BCUT2D eigenvalue weighted by atomic mass is 10.2. The maximum absolute atomic E-state index is 12.1. The number of anilines is 2. The van der Waals surface area contributed by atoms with Crippen LogP contribution in [0.3, 0.4) is 0 Å². The van der Waals surface area contributed by atoms with Crippen molar-refractivity contribution in [2.75, 3.05) is 23.8 Å². The highest BCUT2D eigenvalue weighted by Crippen LogP contribution is 2.15. The molecule has 0 saturated carbocycles. The number of nitrogens with one attached hydrogen (secondary N) is 1. The Bertz CT molecular complexity index is 581. The van der Waals surface area contributed by atoms with Crippen LogP contribution < -0.4 is 10.2 Å². The largest absolute Gasteiger partial charge is 0.375 e. The molecule has 0 bridgehead atoms. The molecule has 5 heteroatoms. The minimum atomic E-state index is -0.167. The van der Waals surface area contributed by atoms with Gasteiger partial charge in [-0.3, -0.25) is 4.79 Å². The van der Waals surface area contributed by atoms with Gasteiger partial charge in [-0.1, -0.05) is 11.6 Å². The number of amides is 1. The average molecular weight is 290 g/mol. The van der Waals surface area contributed by atoms with Crippen molar-refractivity contribution in [3.8, 4) is 0 Å². The zero-order valence-electron chi connectivity index (χ0n) is 11.4. The van der Waals surface area contributed by atoms with E-state index in [1.165, 1.54) is 6.20 Å².